The van der Waals surface area contributed by atoms with Gasteiger partial charge in [0.25, 0.3) is 5.56 Å². The first kappa shape index (κ1) is 28.4. The van der Waals surface area contributed by atoms with E-state index < -0.39 is 28.7 Å². The molecule has 0 saturated carbocycles. The van der Waals surface area contributed by atoms with Gasteiger partial charge >= 0.3 is 11.7 Å². The first-order valence-corrected chi connectivity index (χ1v) is 12.9. The van der Waals surface area contributed by atoms with Gasteiger partial charge in [-0.25, -0.2) is 9.78 Å². The molecule has 1 heterocycles. The van der Waals surface area contributed by atoms with E-state index in [4.69, 9.17) is 19.6 Å². The number of fused-ring (bicyclic) bond motifs is 1. The molecule has 0 unspecified atom stereocenters. The second kappa shape index (κ2) is 11.7. The number of methoxy groups -OCH3 is 1. The van der Waals surface area contributed by atoms with Crippen LogP contribution in [0.1, 0.15) is 36.5 Å². The summed E-state index contributed by atoms with van der Waals surface area (Å²) in [7, 11) is 1.60. The highest BCUT2D eigenvalue weighted by Gasteiger charge is 2.22. The molecular weight excluding hydrogens is 584 g/mol. The van der Waals surface area contributed by atoms with Crippen LogP contribution in [0.3, 0.4) is 0 Å². The number of carboxylic acids is 1. The number of benzene rings is 3. The Labute approximate surface area is 237 Å². The van der Waals surface area contributed by atoms with Gasteiger partial charge in [0.1, 0.15) is 5.75 Å². The second-order valence-electron chi connectivity index (χ2n) is 9.17. The third-order valence-electron chi connectivity index (χ3n) is 6.10. The zero-order valence-electron chi connectivity index (χ0n) is 22.0. The lowest BCUT2D eigenvalue weighted by Gasteiger charge is -2.17. The molecule has 4 aromatic rings. The monoisotopic (exact) mass is 608 g/mol. The Kier molecular flexibility index (Phi) is 8.29. The number of nitrogens with zero attached hydrogens (tertiary/aromatic N) is 4. The van der Waals surface area contributed by atoms with E-state index in [-0.39, 0.29) is 27.5 Å². The SMILES string of the molecule is COc1cc(C)c(-c2nc3ccccc3c(=O)n2N=Cc2cc(Br)c(OCC(=O)O)c([N+](=O)[O-])c2)cc1C(C)C. The largest absolute Gasteiger partial charge is 0.496 e. The molecule has 1 N–H and O–H groups in total. The van der Waals surface area contributed by atoms with Gasteiger partial charge in [0.2, 0.25) is 5.75 Å². The Hall–Kier alpha value is -4.58. The van der Waals surface area contributed by atoms with Crippen molar-refractivity contribution in [1.82, 2.24) is 9.66 Å². The average Bonchev–Trinajstić information content (AvgIpc) is 2.91. The topological polar surface area (TPSA) is 146 Å². The highest BCUT2D eigenvalue weighted by Crippen LogP contribution is 2.37. The molecule has 0 aliphatic carbocycles. The van der Waals surface area contributed by atoms with Crippen molar-refractivity contribution in [1.29, 1.82) is 0 Å². The molecule has 0 bridgehead atoms. The minimum absolute atomic E-state index is 0.123. The molecule has 206 valence electrons. The van der Waals surface area contributed by atoms with Crippen molar-refractivity contribution in [3.05, 3.63) is 90.2 Å². The summed E-state index contributed by atoms with van der Waals surface area (Å²) in [5.41, 5.74) is 2.29. The van der Waals surface area contributed by atoms with Crippen LogP contribution in [-0.4, -0.2) is 45.6 Å². The van der Waals surface area contributed by atoms with Crippen molar-refractivity contribution in [2.24, 2.45) is 5.10 Å². The number of aryl methyl sites for hydroxylation is 1. The molecule has 0 aliphatic heterocycles. The fourth-order valence-corrected chi connectivity index (χ4v) is 4.76. The predicted octanol–water partition coefficient (Wildman–Crippen LogP) is 5.52. The summed E-state index contributed by atoms with van der Waals surface area (Å²) in [6.07, 6.45) is 1.29. The van der Waals surface area contributed by atoms with E-state index in [9.17, 15) is 19.7 Å². The van der Waals surface area contributed by atoms with Gasteiger partial charge in [-0.3, -0.25) is 14.9 Å². The van der Waals surface area contributed by atoms with Crippen molar-refractivity contribution < 1.29 is 24.3 Å². The molecular formula is C28H25BrN4O7. The fraction of sp³-hybridized carbons (Fsp3) is 0.214. The van der Waals surface area contributed by atoms with Crippen molar-refractivity contribution >= 4 is 44.7 Å². The molecule has 1 aromatic heterocycles. The number of nitro benzene ring substituents is 1. The molecule has 0 spiro atoms. The van der Waals surface area contributed by atoms with Gasteiger partial charge in [-0.15, -0.1) is 0 Å². The van der Waals surface area contributed by atoms with Gasteiger partial charge in [-0.2, -0.15) is 9.78 Å². The van der Waals surface area contributed by atoms with E-state index in [0.29, 0.717) is 16.5 Å². The van der Waals surface area contributed by atoms with E-state index in [1.165, 1.54) is 18.3 Å². The molecule has 3 aromatic carbocycles. The number of ether oxygens (including phenoxy) is 2. The second-order valence-corrected chi connectivity index (χ2v) is 10.0. The highest BCUT2D eigenvalue weighted by molar-refractivity contribution is 9.10. The average molecular weight is 609 g/mol. The third kappa shape index (κ3) is 5.71. The summed E-state index contributed by atoms with van der Waals surface area (Å²) in [5.74, 6) is -0.381. The lowest BCUT2D eigenvalue weighted by atomic mass is 9.96. The Balaban J connectivity index is 1.92. The lowest BCUT2D eigenvalue weighted by Crippen LogP contribution is -2.21. The van der Waals surface area contributed by atoms with Gasteiger partial charge < -0.3 is 14.6 Å². The maximum atomic E-state index is 13.6. The van der Waals surface area contributed by atoms with E-state index >= 15 is 0 Å². The number of carbonyl (C=O) groups is 1. The van der Waals surface area contributed by atoms with Crippen LogP contribution in [0.2, 0.25) is 0 Å². The van der Waals surface area contributed by atoms with Crippen LogP contribution in [0, 0.1) is 17.0 Å². The molecule has 0 saturated heterocycles. The van der Waals surface area contributed by atoms with Gasteiger partial charge in [0.05, 0.1) is 33.6 Å². The van der Waals surface area contributed by atoms with Crippen molar-refractivity contribution in [2.45, 2.75) is 26.7 Å². The number of carboxylic acid groups (broad SMARTS) is 1. The van der Waals surface area contributed by atoms with Crippen LogP contribution in [0.4, 0.5) is 5.69 Å². The molecule has 0 radical (unpaired) electrons. The van der Waals surface area contributed by atoms with Gasteiger partial charge in [-0.1, -0.05) is 26.0 Å². The van der Waals surface area contributed by atoms with Gasteiger partial charge in [0.15, 0.2) is 12.4 Å². The van der Waals surface area contributed by atoms with E-state index in [1.807, 2.05) is 32.9 Å². The van der Waals surface area contributed by atoms with Crippen LogP contribution in [0.5, 0.6) is 11.5 Å². The number of aromatic nitrogens is 2. The summed E-state index contributed by atoms with van der Waals surface area (Å²) in [4.78, 5) is 40.3. The summed E-state index contributed by atoms with van der Waals surface area (Å²) in [5, 5.41) is 25.4. The zero-order chi connectivity index (χ0) is 29.1. The summed E-state index contributed by atoms with van der Waals surface area (Å²) >= 11 is 3.21. The predicted molar refractivity (Wildman–Crippen MR) is 154 cm³/mol. The highest BCUT2D eigenvalue weighted by atomic mass is 79.9. The number of hydrogen-bond donors (Lipinski definition) is 1. The van der Waals surface area contributed by atoms with Crippen LogP contribution in [0.25, 0.3) is 22.3 Å². The van der Waals surface area contributed by atoms with E-state index in [1.54, 1.807) is 31.4 Å². The maximum absolute atomic E-state index is 13.6. The number of aliphatic carboxylic acids is 1. The van der Waals surface area contributed by atoms with Crippen LogP contribution < -0.4 is 15.0 Å². The number of halogens is 1. The normalized spacial score (nSPS) is 11.3. The zero-order valence-corrected chi connectivity index (χ0v) is 23.6. The lowest BCUT2D eigenvalue weighted by molar-refractivity contribution is -0.385. The fourth-order valence-electron chi connectivity index (χ4n) is 4.18. The Morgan fingerprint density at radius 3 is 2.62 bits per heavy atom. The number of para-hydroxylation sites is 1. The van der Waals surface area contributed by atoms with Gasteiger partial charge in [-0.05, 0) is 70.2 Å². The number of hydrogen-bond acceptors (Lipinski definition) is 8. The Morgan fingerprint density at radius 1 is 1.25 bits per heavy atom. The summed E-state index contributed by atoms with van der Waals surface area (Å²) < 4.78 is 12.0. The van der Waals surface area contributed by atoms with E-state index in [0.717, 1.165) is 21.6 Å². The number of rotatable bonds is 9. The molecule has 0 amide bonds. The first-order valence-electron chi connectivity index (χ1n) is 12.1. The van der Waals surface area contributed by atoms with Crippen LogP contribution in [0.15, 0.2) is 62.9 Å². The smallest absolute Gasteiger partial charge is 0.341 e. The molecule has 12 heteroatoms. The minimum atomic E-state index is -1.28. The molecule has 4 rings (SSSR count). The molecule has 40 heavy (non-hydrogen) atoms. The Bertz CT molecular complexity index is 1730. The summed E-state index contributed by atoms with van der Waals surface area (Å²) in [6.45, 7) is 5.19. The quantitative estimate of drug-likeness (QED) is 0.148. The standard InChI is InChI=1S/C28H25BrN4O7/c1-15(2)19-12-20(16(3)9-24(19)39-4)27-31-22-8-6-5-7-18(22)28(36)32(27)30-13-17-10-21(29)26(40-14-25(34)35)23(11-17)33(37)38/h5-13,15H,14H2,1-4H3,(H,34,35). The maximum Gasteiger partial charge on any atom is 0.341 e. The molecule has 0 aliphatic rings. The van der Waals surface area contributed by atoms with Crippen molar-refractivity contribution in [2.75, 3.05) is 13.7 Å². The number of nitro groups is 1. The first-order chi connectivity index (χ1) is 19.0. The molecule has 0 atom stereocenters. The third-order valence-corrected chi connectivity index (χ3v) is 6.69. The molecule has 0 fully saturated rings. The summed E-state index contributed by atoms with van der Waals surface area (Å²) in [6, 6.07) is 13.4. The minimum Gasteiger partial charge on any atom is -0.496 e. The van der Waals surface area contributed by atoms with Crippen molar-refractivity contribution in [3.8, 4) is 22.9 Å². The Morgan fingerprint density at radius 2 is 1.98 bits per heavy atom. The molecule has 11 nitrogen and oxygen atoms in total. The van der Waals surface area contributed by atoms with Gasteiger partial charge in [0, 0.05) is 17.2 Å². The van der Waals surface area contributed by atoms with Crippen LogP contribution in [-0.2, 0) is 4.79 Å². The van der Waals surface area contributed by atoms with Crippen LogP contribution >= 0.6 is 15.9 Å². The van der Waals surface area contributed by atoms with Crippen molar-refractivity contribution in [3.63, 3.8) is 0 Å². The van der Waals surface area contributed by atoms with E-state index in [2.05, 4.69) is 21.0 Å².